The Balaban J connectivity index is 2.34. The van der Waals surface area contributed by atoms with E-state index in [4.69, 9.17) is 4.74 Å². The fraction of sp³-hybridized carbons (Fsp3) is 0.533. The van der Waals surface area contributed by atoms with Crippen molar-refractivity contribution in [3.63, 3.8) is 0 Å². The van der Waals surface area contributed by atoms with Gasteiger partial charge in [0.25, 0.3) is 0 Å². The molecular formula is C15H24N2O2. The quantitative estimate of drug-likeness (QED) is 0.752. The highest BCUT2D eigenvalue weighted by atomic mass is 16.5. The molecule has 0 fully saturated rings. The van der Waals surface area contributed by atoms with Crippen LogP contribution in [0.4, 0.5) is 0 Å². The Morgan fingerprint density at radius 2 is 2.11 bits per heavy atom. The van der Waals surface area contributed by atoms with Crippen molar-refractivity contribution in [1.29, 1.82) is 0 Å². The number of ether oxygens (including phenoxy) is 1. The summed E-state index contributed by atoms with van der Waals surface area (Å²) in [6.07, 6.45) is 1.41. The Morgan fingerprint density at radius 3 is 2.79 bits per heavy atom. The van der Waals surface area contributed by atoms with Gasteiger partial charge in [-0.05, 0) is 31.9 Å². The van der Waals surface area contributed by atoms with Crippen LogP contribution in [-0.4, -0.2) is 32.1 Å². The second kappa shape index (κ2) is 8.53. The molecule has 0 heterocycles. The lowest BCUT2D eigenvalue weighted by Crippen LogP contribution is -2.33. The minimum Gasteiger partial charge on any atom is -0.496 e. The van der Waals surface area contributed by atoms with E-state index in [0.29, 0.717) is 25.6 Å². The molecule has 0 aliphatic heterocycles. The number of para-hydroxylation sites is 1. The van der Waals surface area contributed by atoms with Crippen LogP contribution in [0.1, 0.15) is 25.8 Å². The third kappa shape index (κ3) is 5.75. The SMILES string of the molecule is CCNC(=O)CCNC(C)Cc1ccccc1OC. The van der Waals surface area contributed by atoms with Crippen molar-refractivity contribution < 1.29 is 9.53 Å². The summed E-state index contributed by atoms with van der Waals surface area (Å²) in [5, 5.41) is 6.14. The number of nitrogens with one attached hydrogen (secondary N) is 2. The van der Waals surface area contributed by atoms with Crippen molar-refractivity contribution in [2.45, 2.75) is 32.7 Å². The van der Waals surface area contributed by atoms with Crippen molar-refractivity contribution in [1.82, 2.24) is 10.6 Å². The molecule has 19 heavy (non-hydrogen) atoms. The van der Waals surface area contributed by atoms with Crippen LogP contribution in [0.3, 0.4) is 0 Å². The van der Waals surface area contributed by atoms with Crippen molar-refractivity contribution in [2.24, 2.45) is 0 Å². The van der Waals surface area contributed by atoms with Gasteiger partial charge < -0.3 is 15.4 Å². The molecule has 0 saturated heterocycles. The molecule has 0 spiro atoms. The molecule has 1 aromatic rings. The average Bonchev–Trinajstić information content (AvgIpc) is 2.39. The van der Waals surface area contributed by atoms with E-state index >= 15 is 0 Å². The van der Waals surface area contributed by atoms with Crippen molar-refractivity contribution in [3.8, 4) is 5.75 Å². The van der Waals surface area contributed by atoms with Crippen molar-refractivity contribution in [3.05, 3.63) is 29.8 Å². The van der Waals surface area contributed by atoms with E-state index in [9.17, 15) is 4.79 Å². The highest BCUT2D eigenvalue weighted by Gasteiger charge is 2.08. The molecule has 0 bridgehead atoms. The van der Waals surface area contributed by atoms with Gasteiger partial charge in [0.2, 0.25) is 5.91 Å². The van der Waals surface area contributed by atoms with Crippen LogP contribution < -0.4 is 15.4 Å². The predicted octanol–water partition coefficient (Wildman–Crippen LogP) is 1.74. The molecular weight excluding hydrogens is 240 g/mol. The Bertz CT molecular complexity index is 393. The smallest absolute Gasteiger partial charge is 0.221 e. The number of carbonyl (C=O) groups excluding carboxylic acids is 1. The van der Waals surface area contributed by atoms with Crippen LogP contribution in [0, 0.1) is 0 Å². The van der Waals surface area contributed by atoms with Gasteiger partial charge in [-0.1, -0.05) is 18.2 Å². The second-order valence-electron chi connectivity index (χ2n) is 4.57. The number of rotatable bonds is 8. The summed E-state index contributed by atoms with van der Waals surface area (Å²) in [4.78, 5) is 11.3. The lowest BCUT2D eigenvalue weighted by atomic mass is 10.1. The second-order valence-corrected chi connectivity index (χ2v) is 4.57. The third-order valence-electron chi connectivity index (χ3n) is 2.94. The number of hydrogen-bond donors (Lipinski definition) is 2. The lowest BCUT2D eigenvalue weighted by molar-refractivity contribution is -0.120. The first-order valence-electron chi connectivity index (χ1n) is 6.79. The summed E-state index contributed by atoms with van der Waals surface area (Å²) < 4.78 is 5.33. The zero-order valence-electron chi connectivity index (χ0n) is 12.0. The third-order valence-corrected chi connectivity index (χ3v) is 2.94. The first-order chi connectivity index (χ1) is 9.17. The monoisotopic (exact) mass is 264 g/mol. The maximum absolute atomic E-state index is 11.3. The molecule has 1 amide bonds. The van der Waals surface area contributed by atoms with Gasteiger partial charge in [-0.3, -0.25) is 4.79 Å². The number of hydrogen-bond acceptors (Lipinski definition) is 3. The van der Waals surface area contributed by atoms with Crippen molar-refractivity contribution >= 4 is 5.91 Å². The van der Waals surface area contributed by atoms with E-state index in [1.165, 1.54) is 5.56 Å². The molecule has 1 aromatic carbocycles. The largest absolute Gasteiger partial charge is 0.496 e. The molecule has 0 aliphatic rings. The molecule has 4 nitrogen and oxygen atoms in total. The Kier molecular flexibility index (Phi) is 6.97. The summed E-state index contributed by atoms with van der Waals surface area (Å²) in [6, 6.07) is 8.33. The molecule has 1 rings (SSSR count). The normalized spacial score (nSPS) is 11.9. The summed E-state index contributed by atoms with van der Waals surface area (Å²) in [5.41, 5.74) is 1.18. The van der Waals surface area contributed by atoms with Crippen LogP contribution in [-0.2, 0) is 11.2 Å². The standard InChI is InChI=1S/C15H24N2O2/c1-4-16-15(18)9-10-17-12(2)11-13-7-5-6-8-14(13)19-3/h5-8,12,17H,4,9-11H2,1-3H3,(H,16,18). The van der Waals surface area contributed by atoms with E-state index in [-0.39, 0.29) is 5.91 Å². The molecule has 106 valence electrons. The average molecular weight is 264 g/mol. The molecule has 0 aromatic heterocycles. The highest BCUT2D eigenvalue weighted by Crippen LogP contribution is 2.18. The number of methoxy groups -OCH3 is 1. The van der Waals surface area contributed by atoms with Gasteiger partial charge in [0.05, 0.1) is 7.11 Å². The lowest BCUT2D eigenvalue weighted by Gasteiger charge is -2.15. The maximum Gasteiger partial charge on any atom is 0.221 e. The molecule has 1 unspecified atom stereocenters. The van der Waals surface area contributed by atoms with E-state index in [1.54, 1.807) is 7.11 Å². The zero-order chi connectivity index (χ0) is 14.1. The Morgan fingerprint density at radius 1 is 1.37 bits per heavy atom. The molecule has 1 atom stereocenters. The van der Waals surface area contributed by atoms with Gasteiger partial charge in [0, 0.05) is 25.6 Å². The maximum atomic E-state index is 11.3. The summed E-state index contributed by atoms with van der Waals surface area (Å²) in [7, 11) is 1.69. The molecule has 0 aliphatic carbocycles. The number of benzene rings is 1. The van der Waals surface area contributed by atoms with Gasteiger partial charge >= 0.3 is 0 Å². The molecule has 0 saturated carbocycles. The Hall–Kier alpha value is -1.55. The van der Waals surface area contributed by atoms with Gasteiger partial charge in [-0.2, -0.15) is 0 Å². The highest BCUT2D eigenvalue weighted by molar-refractivity contribution is 5.75. The molecule has 4 heteroatoms. The van der Waals surface area contributed by atoms with Crippen LogP contribution >= 0.6 is 0 Å². The minimum absolute atomic E-state index is 0.0968. The zero-order valence-corrected chi connectivity index (χ0v) is 12.0. The number of carbonyl (C=O) groups is 1. The van der Waals surface area contributed by atoms with Gasteiger partial charge in [-0.25, -0.2) is 0 Å². The Labute approximate surface area is 115 Å². The van der Waals surface area contributed by atoms with Gasteiger partial charge in [0.1, 0.15) is 5.75 Å². The van der Waals surface area contributed by atoms with E-state index in [1.807, 2.05) is 25.1 Å². The van der Waals surface area contributed by atoms with Crippen LogP contribution in [0.2, 0.25) is 0 Å². The predicted molar refractivity (Wildman–Crippen MR) is 77.5 cm³/mol. The summed E-state index contributed by atoms with van der Waals surface area (Å²) in [6.45, 7) is 5.43. The van der Waals surface area contributed by atoms with Crippen LogP contribution in [0.15, 0.2) is 24.3 Å². The van der Waals surface area contributed by atoms with Crippen LogP contribution in [0.5, 0.6) is 5.75 Å². The summed E-state index contributed by atoms with van der Waals surface area (Å²) >= 11 is 0. The minimum atomic E-state index is 0.0968. The van der Waals surface area contributed by atoms with E-state index in [0.717, 1.165) is 12.2 Å². The molecule has 0 radical (unpaired) electrons. The topological polar surface area (TPSA) is 50.4 Å². The first kappa shape index (κ1) is 15.5. The fourth-order valence-electron chi connectivity index (χ4n) is 1.99. The van der Waals surface area contributed by atoms with E-state index in [2.05, 4.69) is 23.6 Å². The van der Waals surface area contributed by atoms with Gasteiger partial charge in [-0.15, -0.1) is 0 Å². The number of amides is 1. The first-order valence-corrected chi connectivity index (χ1v) is 6.79. The van der Waals surface area contributed by atoms with Crippen LogP contribution in [0.25, 0.3) is 0 Å². The van der Waals surface area contributed by atoms with E-state index < -0.39 is 0 Å². The van der Waals surface area contributed by atoms with Gasteiger partial charge in [0.15, 0.2) is 0 Å². The fourth-order valence-corrected chi connectivity index (χ4v) is 1.99. The van der Waals surface area contributed by atoms with Crippen molar-refractivity contribution in [2.75, 3.05) is 20.2 Å². The summed E-state index contributed by atoms with van der Waals surface area (Å²) in [5.74, 6) is 1.01. The molecule has 2 N–H and O–H groups in total.